The van der Waals surface area contributed by atoms with Crippen molar-refractivity contribution in [3.63, 3.8) is 0 Å². The van der Waals surface area contributed by atoms with Gasteiger partial charge in [0.05, 0.1) is 20.8 Å². The van der Waals surface area contributed by atoms with Crippen molar-refractivity contribution in [1.82, 2.24) is 0 Å². The van der Waals surface area contributed by atoms with E-state index in [1.54, 1.807) is 13.0 Å². The van der Waals surface area contributed by atoms with E-state index in [-0.39, 0.29) is 29.2 Å². The van der Waals surface area contributed by atoms with Crippen LogP contribution < -0.4 is 20.4 Å². The third-order valence-corrected chi connectivity index (χ3v) is 3.52. The van der Waals surface area contributed by atoms with Crippen molar-refractivity contribution in [2.45, 2.75) is 13.8 Å². The number of anilines is 1. The lowest BCUT2D eigenvalue weighted by atomic mass is 10.1. The van der Waals surface area contributed by atoms with Crippen LogP contribution in [0.2, 0.25) is 0 Å². The molecule has 1 aromatic heterocycles. The summed E-state index contributed by atoms with van der Waals surface area (Å²) in [6.45, 7) is 3.30. The smallest absolute Gasteiger partial charge is 0.359 e. The normalized spacial score (nSPS) is 10.2. The number of ether oxygens (including phenoxy) is 3. The first kappa shape index (κ1) is 19.0. The topological polar surface area (TPSA) is 104 Å². The number of esters is 1. The Balaban J connectivity index is 2.33. The van der Waals surface area contributed by atoms with Crippen molar-refractivity contribution in [2.24, 2.45) is 0 Å². The van der Waals surface area contributed by atoms with Crippen LogP contribution >= 0.6 is 0 Å². The average molecular weight is 361 g/mol. The molecule has 1 aromatic carbocycles. The second-order valence-electron chi connectivity index (χ2n) is 5.16. The number of nitrogens with one attached hydrogen (secondary N) is 1. The van der Waals surface area contributed by atoms with Crippen molar-refractivity contribution in [1.29, 1.82) is 0 Å². The van der Waals surface area contributed by atoms with Gasteiger partial charge in [0.25, 0.3) is 5.91 Å². The Kier molecular flexibility index (Phi) is 6.00. The molecule has 8 nitrogen and oxygen atoms in total. The number of carbonyl (C=O) groups excluding carboxylic acids is 2. The predicted molar refractivity (Wildman–Crippen MR) is 93.2 cm³/mol. The monoisotopic (exact) mass is 361 g/mol. The highest BCUT2D eigenvalue weighted by Gasteiger charge is 2.18. The van der Waals surface area contributed by atoms with Crippen LogP contribution in [-0.2, 0) is 4.74 Å². The molecular weight excluding hydrogens is 342 g/mol. The SMILES string of the molecule is CCOC(=O)c1cc(NC(=O)c2ccc(OC)c(OC)c2)c(=O)oc1C. The summed E-state index contributed by atoms with van der Waals surface area (Å²) in [5.74, 6) is -0.281. The minimum absolute atomic E-state index is 0.0639. The van der Waals surface area contributed by atoms with E-state index < -0.39 is 17.5 Å². The zero-order valence-electron chi connectivity index (χ0n) is 14.9. The largest absolute Gasteiger partial charge is 0.493 e. The zero-order chi connectivity index (χ0) is 19.3. The third-order valence-electron chi connectivity index (χ3n) is 3.52. The highest BCUT2D eigenvalue weighted by atomic mass is 16.5. The second-order valence-corrected chi connectivity index (χ2v) is 5.16. The quantitative estimate of drug-likeness (QED) is 0.788. The van der Waals surface area contributed by atoms with E-state index in [9.17, 15) is 14.4 Å². The van der Waals surface area contributed by atoms with E-state index >= 15 is 0 Å². The van der Waals surface area contributed by atoms with Gasteiger partial charge in [0.2, 0.25) is 0 Å². The number of carbonyl (C=O) groups is 2. The highest BCUT2D eigenvalue weighted by Crippen LogP contribution is 2.27. The molecule has 8 heteroatoms. The third kappa shape index (κ3) is 4.02. The van der Waals surface area contributed by atoms with Crippen molar-refractivity contribution in [3.8, 4) is 11.5 Å². The molecule has 1 N–H and O–H groups in total. The molecule has 138 valence electrons. The first-order chi connectivity index (χ1) is 12.4. The van der Waals surface area contributed by atoms with Gasteiger partial charge in [0, 0.05) is 5.56 Å². The highest BCUT2D eigenvalue weighted by molar-refractivity contribution is 6.05. The van der Waals surface area contributed by atoms with E-state index in [0.29, 0.717) is 11.5 Å². The molecule has 2 aromatic rings. The summed E-state index contributed by atoms with van der Waals surface area (Å²) in [7, 11) is 2.92. The number of methoxy groups -OCH3 is 2. The molecule has 1 amide bonds. The fraction of sp³-hybridized carbons (Fsp3) is 0.278. The Labute approximate surface area is 149 Å². The van der Waals surface area contributed by atoms with E-state index in [0.717, 1.165) is 0 Å². The number of amides is 1. The molecule has 0 radical (unpaired) electrons. The fourth-order valence-electron chi connectivity index (χ4n) is 2.22. The lowest BCUT2D eigenvalue weighted by Crippen LogP contribution is -2.20. The van der Waals surface area contributed by atoms with Gasteiger partial charge in [0.15, 0.2) is 11.5 Å². The first-order valence-corrected chi connectivity index (χ1v) is 7.76. The molecule has 0 unspecified atom stereocenters. The minimum atomic E-state index is -0.774. The van der Waals surface area contributed by atoms with E-state index in [2.05, 4.69) is 5.32 Å². The maximum atomic E-state index is 12.4. The minimum Gasteiger partial charge on any atom is -0.493 e. The van der Waals surface area contributed by atoms with Crippen molar-refractivity contribution >= 4 is 17.6 Å². The van der Waals surface area contributed by atoms with Gasteiger partial charge in [-0.3, -0.25) is 4.79 Å². The van der Waals surface area contributed by atoms with E-state index in [1.807, 2.05) is 0 Å². The molecule has 0 aliphatic rings. The van der Waals surface area contributed by atoms with Gasteiger partial charge in [-0.05, 0) is 38.1 Å². The Morgan fingerprint density at radius 2 is 1.81 bits per heavy atom. The van der Waals surface area contributed by atoms with Crippen molar-refractivity contribution in [2.75, 3.05) is 26.1 Å². The van der Waals surface area contributed by atoms with Crippen LogP contribution in [0.1, 0.15) is 33.4 Å². The number of rotatable bonds is 6. The molecule has 0 bridgehead atoms. The Morgan fingerprint density at radius 1 is 1.12 bits per heavy atom. The Morgan fingerprint density at radius 3 is 2.42 bits per heavy atom. The maximum absolute atomic E-state index is 12.4. The maximum Gasteiger partial charge on any atom is 0.359 e. The predicted octanol–water partition coefficient (Wildman–Crippen LogP) is 2.39. The second kappa shape index (κ2) is 8.19. The van der Waals surface area contributed by atoms with Crippen LogP contribution in [0.15, 0.2) is 33.5 Å². The van der Waals surface area contributed by atoms with Crippen LogP contribution in [0.3, 0.4) is 0 Å². The summed E-state index contributed by atoms with van der Waals surface area (Å²) in [5, 5.41) is 2.43. The van der Waals surface area contributed by atoms with Gasteiger partial charge >= 0.3 is 11.6 Å². The van der Waals surface area contributed by atoms with Gasteiger partial charge in [-0.25, -0.2) is 9.59 Å². The summed E-state index contributed by atoms with van der Waals surface area (Å²) in [6, 6.07) is 5.78. The van der Waals surface area contributed by atoms with Gasteiger partial charge in [-0.15, -0.1) is 0 Å². The molecule has 0 atom stereocenters. The van der Waals surface area contributed by atoms with Crippen molar-refractivity contribution < 1.29 is 28.2 Å². The van der Waals surface area contributed by atoms with Crippen molar-refractivity contribution in [3.05, 3.63) is 51.6 Å². The van der Waals surface area contributed by atoms with Crippen LogP contribution in [0, 0.1) is 6.92 Å². The summed E-state index contributed by atoms with van der Waals surface area (Å²) >= 11 is 0. The van der Waals surface area contributed by atoms with Gasteiger partial charge in [-0.1, -0.05) is 0 Å². The summed E-state index contributed by atoms with van der Waals surface area (Å²) in [6.07, 6.45) is 0. The molecule has 0 fully saturated rings. The molecule has 0 spiro atoms. The lowest BCUT2D eigenvalue weighted by Gasteiger charge is -2.10. The number of hydrogen-bond acceptors (Lipinski definition) is 7. The lowest BCUT2D eigenvalue weighted by molar-refractivity contribution is 0.0521. The Hall–Kier alpha value is -3.29. The molecule has 1 heterocycles. The van der Waals surface area contributed by atoms with Crippen LogP contribution in [-0.4, -0.2) is 32.7 Å². The number of aryl methyl sites for hydroxylation is 1. The molecule has 26 heavy (non-hydrogen) atoms. The summed E-state index contributed by atoms with van der Waals surface area (Å²) in [5.41, 5.74) is -0.641. The van der Waals surface area contributed by atoms with E-state index in [1.165, 1.54) is 39.3 Å². The summed E-state index contributed by atoms with van der Waals surface area (Å²) < 4.78 is 20.2. The zero-order valence-corrected chi connectivity index (χ0v) is 14.9. The van der Waals surface area contributed by atoms with Crippen LogP contribution in [0.25, 0.3) is 0 Å². The number of hydrogen-bond donors (Lipinski definition) is 1. The van der Waals surface area contributed by atoms with Gasteiger partial charge < -0.3 is 23.9 Å². The van der Waals surface area contributed by atoms with Crippen LogP contribution in [0.4, 0.5) is 5.69 Å². The fourth-order valence-corrected chi connectivity index (χ4v) is 2.22. The van der Waals surface area contributed by atoms with Gasteiger partial charge in [-0.2, -0.15) is 0 Å². The van der Waals surface area contributed by atoms with E-state index in [4.69, 9.17) is 18.6 Å². The molecule has 0 aliphatic carbocycles. The molecule has 0 saturated carbocycles. The molecule has 0 aliphatic heterocycles. The molecular formula is C18H19NO7. The van der Waals surface area contributed by atoms with Gasteiger partial charge in [0.1, 0.15) is 17.0 Å². The average Bonchev–Trinajstić information content (AvgIpc) is 2.63. The summed E-state index contributed by atoms with van der Waals surface area (Å²) in [4.78, 5) is 36.3. The number of benzene rings is 1. The standard InChI is InChI=1S/C18H19NO7/c1-5-25-17(21)12-9-13(18(22)26-10(12)2)19-16(20)11-6-7-14(23-3)15(8-11)24-4/h6-9H,5H2,1-4H3,(H,19,20). The molecule has 0 saturated heterocycles. The Bertz CT molecular complexity index is 886. The van der Waals surface area contributed by atoms with Crippen LogP contribution in [0.5, 0.6) is 11.5 Å². The molecule has 2 rings (SSSR count). The first-order valence-electron chi connectivity index (χ1n) is 7.76.